The largest absolute Gasteiger partial charge is 0.546 e. The minimum atomic E-state index is -2.26. The number of allylic oxidation sites excluding steroid dienone is 1. The Labute approximate surface area is 309 Å². The maximum atomic E-state index is 14.5. The van der Waals surface area contributed by atoms with Crippen molar-refractivity contribution in [3.63, 3.8) is 0 Å². The van der Waals surface area contributed by atoms with Gasteiger partial charge in [-0.1, -0.05) is 102 Å². The Hall–Kier alpha value is -4.56. The number of nitrogens with one attached hydrogen (secondary N) is 1. The molecule has 1 N–H and O–H groups in total. The fourth-order valence-electron chi connectivity index (χ4n) is 5.46. The molecule has 1 aromatic heterocycles. The molecule has 0 aliphatic carbocycles. The minimum absolute atomic E-state index is 0.00674. The first-order valence-corrected chi connectivity index (χ1v) is 22.7. The Balaban J connectivity index is 1.31. The molecule has 51 heavy (non-hydrogen) atoms. The highest BCUT2D eigenvalue weighted by Crippen LogP contribution is 2.46. The number of likely N-dealkylation sites (tertiary alicyclic amines) is 1. The zero-order valence-electron chi connectivity index (χ0n) is 28.5. The van der Waals surface area contributed by atoms with E-state index in [1.165, 1.54) is 37.8 Å². The fraction of sp³-hybridized carbons (Fsp3) is 0.211. The number of amides is 2. The van der Waals surface area contributed by atoms with Gasteiger partial charge in [0.1, 0.15) is 22.9 Å². The SMILES string of the molecule is CC(O[Si](C)(C)C)=C(C(=O)OC(c1ccccc1)c1ccccc1)N1C(=O)C(NC(=O)COc2ccccc2)C1SSc1nc2ccccc2s1. The summed E-state index contributed by atoms with van der Waals surface area (Å²) in [6.45, 7) is 7.40. The van der Waals surface area contributed by atoms with Crippen molar-refractivity contribution < 1.29 is 28.3 Å². The van der Waals surface area contributed by atoms with Crippen molar-refractivity contribution in [1.82, 2.24) is 15.2 Å². The number of benzene rings is 4. The van der Waals surface area contributed by atoms with Crippen molar-refractivity contribution in [3.05, 3.63) is 138 Å². The van der Waals surface area contributed by atoms with Gasteiger partial charge in [0, 0.05) is 0 Å². The normalized spacial score (nSPS) is 16.3. The first-order valence-electron chi connectivity index (χ1n) is 16.3. The molecule has 2 heterocycles. The molecular weight excluding hydrogens is 719 g/mol. The number of esters is 1. The number of nitrogens with zero attached hydrogens (tertiary/aromatic N) is 2. The molecule has 1 aliphatic heterocycles. The highest BCUT2D eigenvalue weighted by atomic mass is 33.1. The lowest BCUT2D eigenvalue weighted by atomic mass is 10.0. The van der Waals surface area contributed by atoms with E-state index in [1.807, 2.05) is 123 Å². The second kappa shape index (κ2) is 16.2. The summed E-state index contributed by atoms with van der Waals surface area (Å²) >= 11 is 1.53. The van der Waals surface area contributed by atoms with E-state index in [2.05, 4.69) is 5.32 Å². The van der Waals surface area contributed by atoms with Crippen molar-refractivity contribution in [3.8, 4) is 5.75 Å². The fourth-order valence-corrected chi connectivity index (χ4v) is 10.4. The molecule has 0 spiro atoms. The number of para-hydroxylation sites is 2. The predicted octanol–water partition coefficient (Wildman–Crippen LogP) is 8.18. The lowest BCUT2D eigenvalue weighted by Crippen LogP contribution is -2.69. The molecule has 13 heteroatoms. The zero-order chi connectivity index (χ0) is 36.0. The van der Waals surface area contributed by atoms with E-state index in [-0.39, 0.29) is 18.1 Å². The van der Waals surface area contributed by atoms with Crippen molar-refractivity contribution in [2.75, 3.05) is 6.61 Å². The van der Waals surface area contributed by atoms with Crippen molar-refractivity contribution in [1.29, 1.82) is 0 Å². The summed E-state index contributed by atoms with van der Waals surface area (Å²) in [7, 11) is 0.446. The van der Waals surface area contributed by atoms with E-state index >= 15 is 0 Å². The van der Waals surface area contributed by atoms with Gasteiger partial charge >= 0.3 is 5.97 Å². The van der Waals surface area contributed by atoms with Crippen LogP contribution in [-0.2, 0) is 23.5 Å². The molecule has 1 saturated heterocycles. The number of aromatic nitrogens is 1. The molecule has 1 aliphatic rings. The molecule has 6 rings (SSSR count). The Kier molecular flexibility index (Phi) is 11.5. The molecule has 2 atom stereocenters. The van der Waals surface area contributed by atoms with E-state index in [9.17, 15) is 14.4 Å². The van der Waals surface area contributed by atoms with Crippen molar-refractivity contribution in [2.24, 2.45) is 0 Å². The standard InChI is InChI=1S/C38H37N3O6S3Si/c1-25(47-51(2,3)4)33(37(44)46-34(26-16-8-5-9-17-26)27-18-10-6-11-19-27)41-35(43)32(40-31(42)24-45-28-20-12-7-13-21-28)36(41)49-50-38-39-29-22-14-15-23-30(29)48-38/h5-23,32,34,36H,24H2,1-4H3,(H,40,42). The van der Waals surface area contributed by atoms with Crippen LogP contribution in [0.3, 0.4) is 0 Å². The molecule has 9 nitrogen and oxygen atoms in total. The van der Waals surface area contributed by atoms with Crippen LogP contribution in [0.2, 0.25) is 19.6 Å². The quantitative estimate of drug-likeness (QED) is 0.0300. The van der Waals surface area contributed by atoms with Crippen LogP contribution in [0.15, 0.2) is 131 Å². The second-order valence-electron chi connectivity index (χ2n) is 12.6. The molecule has 0 radical (unpaired) electrons. The van der Waals surface area contributed by atoms with E-state index < -0.39 is 43.6 Å². The van der Waals surface area contributed by atoms with Gasteiger partial charge in [-0.2, -0.15) is 0 Å². The number of carbonyl (C=O) groups excluding carboxylic acids is 3. The Bertz CT molecular complexity index is 1950. The minimum Gasteiger partial charge on any atom is -0.546 e. The summed E-state index contributed by atoms with van der Waals surface area (Å²) in [5, 5.41) is 2.14. The number of fused-ring (bicyclic) bond motifs is 1. The second-order valence-corrected chi connectivity index (χ2v) is 20.6. The monoisotopic (exact) mass is 755 g/mol. The number of thiazole rings is 1. The van der Waals surface area contributed by atoms with Gasteiger partial charge in [0.05, 0.1) is 10.2 Å². The van der Waals surface area contributed by atoms with Crippen LogP contribution in [0.4, 0.5) is 0 Å². The Morgan fingerprint density at radius 3 is 2.08 bits per heavy atom. The van der Waals surface area contributed by atoms with E-state index in [1.54, 1.807) is 19.1 Å². The van der Waals surface area contributed by atoms with Gasteiger partial charge in [-0.05, 0) is 72.8 Å². The summed E-state index contributed by atoms with van der Waals surface area (Å²) in [6.07, 6.45) is -0.750. The van der Waals surface area contributed by atoms with Gasteiger partial charge in [-0.25, -0.2) is 9.78 Å². The maximum Gasteiger partial charge on any atom is 0.359 e. The zero-order valence-corrected chi connectivity index (χ0v) is 31.9. The van der Waals surface area contributed by atoms with Gasteiger partial charge in [-0.3, -0.25) is 14.5 Å². The third-order valence-corrected chi connectivity index (χ3v) is 12.6. The summed E-state index contributed by atoms with van der Waals surface area (Å²) in [5.74, 6) is -0.842. The van der Waals surface area contributed by atoms with Gasteiger partial charge in [-0.15, -0.1) is 11.3 Å². The molecule has 0 saturated carbocycles. The van der Waals surface area contributed by atoms with Crippen LogP contribution in [0.1, 0.15) is 24.2 Å². The lowest BCUT2D eigenvalue weighted by molar-refractivity contribution is -0.155. The number of β-lactam (4-membered cyclic amide) rings is 1. The average Bonchev–Trinajstić information content (AvgIpc) is 3.55. The highest BCUT2D eigenvalue weighted by molar-refractivity contribution is 8.77. The smallest absolute Gasteiger partial charge is 0.359 e. The number of carbonyl (C=O) groups is 3. The average molecular weight is 756 g/mol. The summed E-state index contributed by atoms with van der Waals surface area (Å²) < 4.78 is 20.1. The van der Waals surface area contributed by atoms with Crippen LogP contribution in [0, 0.1) is 0 Å². The van der Waals surface area contributed by atoms with Gasteiger partial charge in [0.25, 0.3) is 11.8 Å². The van der Waals surface area contributed by atoms with Crippen molar-refractivity contribution in [2.45, 2.75) is 48.4 Å². The van der Waals surface area contributed by atoms with Gasteiger partial charge < -0.3 is 19.2 Å². The maximum absolute atomic E-state index is 14.5. The topological polar surface area (TPSA) is 107 Å². The molecule has 1 fully saturated rings. The lowest BCUT2D eigenvalue weighted by Gasteiger charge is -2.46. The number of rotatable bonds is 14. The molecule has 5 aromatic rings. The number of hydrogen-bond acceptors (Lipinski definition) is 10. The first-order chi connectivity index (χ1) is 24.6. The van der Waals surface area contributed by atoms with Crippen LogP contribution in [-0.4, -0.2) is 54.0 Å². The van der Waals surface area contributed by atoms with E-state index in [4.69, 9.17) is 18.9 Å². The van der Waals surface area contributed by atoms with Crippen LogP contribution in [0.25, 0.3) is 10.2 Å². The van der Waals surface area contributed by atoms with Crippen LogP contribution >= 0.6 is 32.9 Å². The third kappa shape index (κ3) is 9.03. The summed E-state index contributed by atoms with van der Waals surface area (Å²) in [6, 6.07) is 34.8. The summed E-state index contributed by atoms with van der Waals surface area (Å²) in [4.78, 5) is 47.8. The van der Waals surface area contributed by atoms with Gasteiger partial charge in [0.2, 0.25) is 8.32 Å². The third-order valence-electron chi connectivity index (χ3n) is 7.62. The van der Waals surface area contributed by atoms with Gasteiger partial charge in [0.15, 0.2) is 22.7 Å². The Morgan fingerprint density at radius 1 is 0.882 bits per heavy atom. The molecule has 2 unspecified atom stereocenters. The predicted molar refractivity (Wildman–Crippen MR) is 206 cm³/mol. The highest BCUT2D eigenvalue weighted by Gasteiger charge is 2.53. The summed E-state index contributed by atoms with van der Waals surface area (Å²) in [5.41, 5.74) is 2.41. The van der Waals surface area contributed by atoms with E-state index in [0.717, 1.165) is 25.7 Å². The molecule has 2 amide bonds. The number of ether oxygens (including phenoxy) is 2. The molecule has 0 bridgehead atoms. The van der Waals surface area contributed by atoms with Crippen LogP contribution < -0.4 is 10.1 Å². The van der Waals surface area contributed by atoms with Crippen LogP contribution in [0.5, 0.6) is 5.75 Å². The molecule has 262 valence electrons. The van der Waals surface area contributed by atoms with Crippen molar-refractivity contribution >= 4 is 69.2 Å². The first kappa shape index (κ1) is 36.2. The Morgan fingerprint density at radius 2 is 1.47 bits per heavy atom. The van der Waals surface area contributed by atoms with E-state index in [0.29, 0.717) is 5.75 Å². The molecular formula is C38H37N3O6S3Si. The number of hydrogen-bond donors (Lipinski definition) is 1. The molecule has 4 aromatic carbocycles.